The van der Waals surface area contributed by atoms with E-state index in [4.69, 9.17) is 5.11 Å². The summed E-state index contributed by atoms with van der Waals surface area (Å²) in [7, 11) is 0. The van der Waals surface area contributed by atoms with Crippen LogP contribution in [0.25, 0.3) is 16.2 Å². The van der Waals surface area contributed by atoms with Crippen LogP contribution in [0, 0.1) is 6.92 Å². The second-order valence-corrected chi connectivity index (χ2v) is 5.40. The zero-order valence-electron chi connectivity index (χ0n) is 8.53. The van der Waals surface area contributed by atoms with Gasteiger partial charge in [0.25, 0.3) is 0 Å². The van der Waals surface area contributed by atoms with E-state index in [1.54, 1.807) is 17.4 Å². The molecule has 82 valence electrons. The van der Waals surface area contributed by atoms with Gasteiger partial charge in [0.05, 0.1) is 0 Å². The molecule has 0 radical (unpaired) electrons. The van der Waals surface area contributed by atoms with E-state index in [-0.39, 0.29) is 0 Å². The minimum atomic E-state index is -0.918. The van der Waals surface area contributed by atoms with Crippen LogP contribution in [-0.2, 0) is 4.79 Å². The first-order chi connectivity index (χ1) is 7.58. The van der Waals surface area contributed by atoms with Crippen LogP contribution < -0.4 is 0 Å². The first kappa shape index (κ1) is 11.4. The van der Waals surface area contributed by atoms with Crippen molar-refractivity contribution >= 4 is 49.4 Å². The summed E-state index contributed by atoms with van der Waals surface area (Å²) in [6.07, 6.45) is 2.82. The molecular weight excluding hydrogens is 288 g/mol. The lowest BCUT2D eigenvalue weighted by Crippen LogP contribution is -1.85. The average molecular weight is 297 g/mol. The van der Waals surface area contributed by atoms with Gasteiger partial charge in [-0.15, -0.1) is 11.3 Å². The third-order valence-corrected chi connectivity index (χ3v) is 4.03. The molecule has 2 rings (SSSR count). The SMILES string of the molecule is Cc1c(C=CC(=O)O)sc2cc(Br)ccc12. The maximum absolute atomic E-state index is 10.5. The summed E-state index contributed by atoms with van der Waals surface area (Å²) in [6, 6.07) is 6.08. The quantitative estimate of drug-likeness (QED) is 0.848. The van der Waals surface area contributed by atoms with Gasteiger partial charge in [0.1, 0.15) is 0 Å². The molecule has 1 N–H and O–H groups in total. The molecule has 0 fully saturated rings. The van der Waals surface area contributed by atoms with Crippen LogP contribution in [0.1, 0.15) is 10.4 Å². The number of thiophene rings is 1. The van der Waals surface area contributed by atoms with Crippen LogP contribution in [0.15, 0.2) is 28.7 Å². The molecule has 0 aliphatic rings. The largest absolute Gasteiger partial charge is 0.478 e. The van der Waals surface area contributed by atoms with Gasteiger partial charge >= 0.3 is 5.97 Å². The molecule has 1 aromatic heterocycles. The molecule has 0 spiro atoms. The van der Waals surface area contributed by atoms with Crippen LogP contribution in [0.2, 0.25) is 0 Å². The molecular formula is C12H9BrO2S. The van der Waals surface area contributed by atoms with E-state index in [0.29, 0.717) is 0 Å². The van der Waals surface area contributed by atoms with Crippen LogP contribution in [0.5, 0.6) is 0 Å². The molecule has 0 atom stereocenters. The Hall–Kier alpha value is -1.13. The fourth-order valence-electron chi connectivity index (χ4n) is 1.52. The molecule has 1 heterocycles. The molecule has 4 heteroatoms. The summed E-state index contributed by atoms with van der Waals surface area (Å²) in [6.45, 7) is 2.01. The number of fused-ring (bicyclic) bond motifs is 1. The number of carbonyl (C=O) groups is 1. The molecule has 2 nitrogen and oxygen atoms in total. The van der Waals surface area contributed by atoms with Crippen molar-refractivity contribution in [2.24, 2.45) is 0 Å². The van der Waals surface area contributed by atoms with Crippen molar-refractivity contribution in [2.75, 3.05) is 0 Å². The molecule has 0 aliphatic carbocycles. The van der Waals surface area contributed by atoms with Gasteiger partial charge in [-0.3, -0.25) is 0 Å². The molecule has 0 saturated heterocycles. The first-order valence-electron chi connectivity index (χ1n) is 4.67. The van der Waals surface area contributed by atoms with Crippen LogP contribution in [0.3, 0.4) is 0 Å². The third kappa shape index (κ3) is 2.18. The van der Waals surface area contributed by atoms with Gasteiger partial charge < -0.3 is 5.11 Å². The minimum absolute atomic E-state index is 0.918. The monoisotopic (exact) mass is 296 g/mol. The predicted molar refractivity (Wildman–Crippen MR) is 70.9 cm³/mol. The van der Waals surface area contributed by atoms with Gasteiger partial charge in [0.15, 0.2) is 0 Å². The van der Waals surface area contributed by atoms with Crippen molar-refractivity contribution in [2.45, 2.75) is 6.92 Å². The Labute approximate surface area is 105 Å². The number of aryl methyl sites for hydroxylation is 1. The molecule has 0 bridgehead atoms. The molecule has 2 aromatic rings. The summed E-state index contributed by atoms with van der Waals surface area (Å²) < 4.78 is 2.20. The Bertz CT molecular complexity index is 584. The average Bonchev–Trinajstić information content (AvgIpc) is 2.52. The van der Waals surface area contributed by atoms with Crippen molar-refractivity contribution < 1.29 is 9.90 Å². The second-order valence-electron chi connectivity index (χ2n) is 3.40. The number of rotatable bonds is 2. The zero-order valence-corrected chi connectivity index (χ0v) is 10.9. The topological polar surface area (TPSA) is 37.3 Å². The predicted octanol–water partition coefficient (Wildman–Crippen LogP) is 4.07. The zero-order chi connectivity index (χ0) is 11.7. The van der Waals surface area contributed by atoms with E-state index in [2.05, 4.69) is 15.9 Å². The van der Waals surface area contributed by atoms with Crippen molar-refractivity contribution in [1.82, 2.24) is 0 Å². The highest BCUT2D eigenvalue weighted by Crippen LogP contribution is 2.33. The molecule has 0 amide bonds. The standard InChI is InChI=1S/C12H9BrO2S/c1-7-9-3-2-8(13)6-11(9)16-10(7)4-5-12(14)15/h2-6H,1H3,(H,14,15). The van der Waals surface area contributed by atoms with Crippen molar-refractivity contribution in [3.63, 3.8) is 0 Å². The molecule has 0 saturated carbocycles. The normalized spacial score (nSPS) is 11.4. The maximum Gasteiger partial charge on any atom is 0.328 e. The number of benzene rings is 1. The number of carboxylic acid groups (broad SMARTS) is 1. The fraction of sp³-hybridized carbons (Fsp3) is 0.0833. The number of hydrogen-bond donors (Lipinski definition) is 1. The summed E-state index contributed by atoms with van der Waals surface area (Å²) in [5.41, 5.74) is 1.13. The lowest BCUT2D eigenvalue weighted by molar-refractivity contribution is -0.131. The summed E-state index contributed by atoms with van der Waals surface area (Å²) >= 11 is 5.02. The lowest BCUT2D eigenvalue weighted by Gasteiger charge is -1.92. The van der Waals surface area contributed by atoms with E-state index in [9.17, 15) is 4.79 Å². The van der Waals surface area contributed by atoms with E-state index in [1.807, 2.05) is 25.1 Å². The van der Waals surface area contributed by atoms with E-state index in [0.717, 1.165) is 19.6 Å². The highest BCUT2D eigenvalue weighted by atomic mass is 79.9. The van der Waals surface area contributed by atoms with Crippen molar-refractivity contribution in [3.05, 3.63) is 39.2 Å². The summed E-state index contributed by atoms with van der Waals surface area (Å²) in [5, 5.41) is 9.77. The molecule has 0 aliphatic heterocycles. The number of hydrogen-bond acceptors (Lipinski definition) is 2. The maximum atomic E-state index is 10.5. The van der Waals surface area contributed by atoms with Crippen LogP contribution in [0.4, 0.5) is 0 Å². The van der Waals surface area contributed by atoms with Gasteiger partial charge in [-0.2, -0.15) is 0 Å². The van der Waals surface area contributed by atoms with Gasteiger partial charge in [0, 0.05) is 20.1 Å². The highest BCUT2D eigenvalue weighted by Gasteiger charge is 2.06. The van der Waals surface area contributed by atoms with Crippen molar-refractivity contribution in [3.8, 4) is 0 Å². The Balaban J connectivity index is 2.55. The lowest BCUT2D eigenvalue weighted by atomic mass is 10.1. The van der Waals surface area contributed by atoms with E-state index < -0.39 is 5.97 Å². The Morgan fingerprint density at radius 2 is 2.25 bits per heavy atom. The van der Waals surface area contributed by atoms with Gasteiger partial charge in [-0.05, 0) is 36.1 Å². The van der Waals surface area contributed by atoms with Gasteiger partial charge in [0.2, 0.25) is 0 Å². The number of carboxylic acids is 1. The Kier molecular flexibility index (Phi) is 3.12. The molecule has 16 heavy (non-hydrogen) atoms. The van der Waals surface area contributed by atoms with Gasteiger partial charge in [-0.1, -0.05) is 22.0 Å². The van der Waals surface area contributed by atoms with Crippen LogP contribution >= 0.6 is 27.3 Å². The first-order valence-corrected chi connectivity index (χ1v) is 6.28. The second kappa shape index (κ2) is 4.39. The van der Waals surface area contributed by atoms with E-state index in [1.165, 1.54) is 11.5 Å². The molecule has 0 unspecified atom stereocenters. The minimum Gasteiger partial charge on any atom is -0.478 e. The summed E-state index contributed by atoms with van der Waals surface area (Å²) in [4.78, 5) is 11.5. The number of aliphatic carboxylic acids is 1. The van der Waals surface area contributed by atoms with Crippen molar-refractivity contribution in [1.29, 1.82) is 0 Å². The van der Waals surface area contributed by atoms with Gasteiger partial charge in [-0.25, -0.2) is 4.79 Å². The highest BCUT2D eigenvalue weighted by molar-refractivity contribution is 9.10. The smallest absolute Gasteiger partial charge is 0.328 e. The Morgan fingerprint density at radius 3 is 2.94 bits per heavy atom. The molecule has 1 aromatic carbocycles. The summed E-state index contributed by atoms with van der Waals surface area (Å²) in [5.74, 6) is -0.918. The third-order valence-electron chi connectivity index (χ3n) is 2.31. The fourth-order valence-corrected chi connectivity index (χ4v) is 3.19. The number of halogens is 1. The van der Waals surface area contributed by atoms with Crippen LogP contribution in [-0.4, -0.2) is 11.1 Å². The Morgan fingerprint density at radius 1 is 1.50 bits per heavy atom. The van der Waals surface area contributed by atoms with E-state index >= 15 is 0 Å².